The predicted molar refractivity (Wildman–Crippen MR) is 109 cm³/mol. The average Bonchev–Trinajstić information content (AvgIpc) is 2.90. The van der Waals surface area contributed by atoms with Crippen LogP contribution in [0.2, 0.25) is 0 Å². The number of amides is 1. The van der Waals surface area contributed by atoms with E-state index in [4.69, 9.17) is 9.97 Å². The van der Waals surface area contributed by atoms with Gasteiger partial charge in [-0.3, -0.25) is 4.79 Å². The molecule has 1 saturated heterocycles. The maximum Gasteiger partial charge on any atom is 0.219 e. The van der Waals surface area contributed by atoms with Crippen molar-refractivity contribution in [3.63, 3.8) is 0 Å². The molecular formula is C22H30N4O. The highest BCUT2D eigenvalue weighted by Gasteiger charge is 2.22. The molecule has 0 bridgehead atoms. The van der Waals surface area contributed by atoms with Crippen LogP contribution >= 0.6 is 0 Å². The van der Waals surface area contributed by atoms with Crippen molar-refractivity contribution in [2.75, 3.05) is 31.1 Å². The lowest BCUT2D eigenvalue weighted by atomic mass is 10.0. The predicted octanol–water partition coefficient (Wildman–Crippen LogP) is 3.31. The van der Waals surface area contributed by atoms with Crippen molar-refractivity contribution in [2.45, 2.75) is 47.0 Å². The van der Waals surface area contributed by atoms with E-state index in [0.717, 1.165) is 62.8 Å². The van der Waals surface area contributed by atoms with Crippen molar-refractivity contribution in [1.82, 2.24) is 14.9 Å². The molecule has 1 fully saturated rings. The van der Waals surface area contributed by atoms with Gasteiger partial charge < -0.3 is 9.80 Å². The van der Waals surface area contributed by atoms with E-state index in [0.29, 0.717) is 0 Å². The first-order valence-electron chi connectivity index (χ1n) is 9.90. The van der Waals surface area contributed by atoms with Gasteiger partial charge in [-0.15, -0.1) is 0 Å². The third-order valence-electron chi connectivity index (χ3n) is 5.26. The lowest BCUT2D eigenvalue weighted by Gasteiger charge is -2.26. The molecular weight excluding hydrogens is 336 g/mol. The van der Waals surface area contributed by atoms with Gasteiger partial charge in [-0.25, -0.2) is 9.97 Å². The molecule has 27 heavy (non-hydrogen) atoms. The van der Waals surface area contributed by atoms with Crippen molar-refractivity contribution in [3.8, 4) is 0 Å². The van der Waals surface area contributed by atoms with E-state index < -0.39 is 0 Å². The van der Waals surface area contributed by atoms with Gasteiger partial charge in [0.25, 0.3) is 0 Å². The maximum atomic E-state index is 11.8. The highest BCUT2D eigenvalue weighted by molar-refractivity contribution is 5.73. The summed E-state index contributed by atoms with van der Waals surface area (Å²) in [6.45, 7) is 11.2. The summed E-state index contributed by atoms with van der Waals surface area (Å²) in [5, 5.41) is 0. The number of benzene rings is 1. The summed E-state index contributed by atoms with van der Waals surface area (Å²) >= 11 is 0. The van der Waals surface area contributed by atoms with Crippen molar-refractivity contribution in [1.29, 1.82) is 0 Å². The molecule has 1 aliphatic heterocycles. The number of carbonyl (C=O) groups is 1. The van der Waals surface area contributed by atoms with E-state index >= 15 is 0 Å². The molecule has 0 spiro atoms. The molecule has 1 aromatic carbocycles. The Morgan fingerprint density at radius 1 is 1.04 bits per heavy atom. The molecule has 0 saturated carbocycles. The van der Waals surface area contributed by atoms with Crippen molar-refractivity contribution in [2.24, 2.45) is 0 Å². The fourth-order valence-electron chi connectivity index (χ4n) is 3.73. The van der Waals surface area contributed by atoms with E-state index in [2.05, 4.69) is 43.0 Å². The highest BCUT2D eigenvalue weighted by Crippen LogP contribution is 2.26. The molecule has 5 nitrogen and oxygen atoms in total. The first-order valence-corrected chi connectivity index (χ1v) is 9.90. The summed E-state index contributed by atoms with van der Waals surface area (Å²) in [5.74, 6) is 2.03. The fraction of sp³-hybridized carbons (Fsp3) is 0.500. The van der Waals surface area contributed by atoms with Crippen LogP contribution in [0, 0.1) is 13.8 Å². The van der Waals surface area contributed by atoms with E-state index in [1.807, 2.05) is 11.8 Å². The third kappa shape index (κ3) is 4.65. The maximum absolute atomic E-state index is 11.8. The average molecular weight is 367 g/mol. The second-order valence-corrected chi connectivity index (χ2v) is 7.38. The summed E-state index contributed by atoms with van der Waals surface area (Å²) in [5.41, 5.74) is 4.91. The quantitative estimate of drug-likeness (QED) is 0.833. The molecule has 5 heteroatoms. The monoisotopic (exact) mass is 366 g/mol. The number of carbonyl (C=O) groups excluding carboxylic acids is 1. The topological polar surface area (TPSA) is 49.3 Å². The highest BCUT2D eigenvalue weighted by atomic mass is 16.2. The van der Waals surface area contributed by atoms with E-state index in [1.54, 1.807) is 6.92 Å². The molecule has 144 valence electrons. The number of aromatic nitrogens is 2. The molecule has 0 radical (unpaired) electrons. The number of anilines is 1. The minimum atomic E-state index is 0.157. The van der Waals surface area contributed by atoms with Crippen LogP contribution in [0.4, 0.5) is 5.82 Å². The van der Waals surface area contributed by atoms with Gasteiger partial charge in [0, 0.05) is 50.8 Å². The first kappa shape index (κ1) is 19.3. The molecule has 1 aliphatic rings. The molecule has 2 heterocycles. The summed E-state index contributed by atoms with van der Waals surface area (Å²) in [6.07, 6.45) is 2.70. The second kappa shape index (κ2) is 8.51. The molecule has 3 rings (SSSR count). The van der Waals surface area contributed by atoms with Crippen LogP contribution in [0.5, 0.6) is 0 Å². The lowest BCUT2D eigenvalue weighted by molar-refractivity contribution is -0.128. The van der Waals surface area contributed by atoms with E-state index in [9.17, 15) is 4.79 Å². The van der Waals surface area contributed by atoms with Crippen LogP contribution in [0.3, 0.4) is 0 Å². The Hall–Kier alpha value is -2.43. The summed E-state index contributed by atoms with van der Waals surface area (Å²) in [4.78, 5) is 25.6. The van der Waals surface area contributed by atoms with E-state index in [-0.39, 0.29) is 5.91 Å². The summed E-state index contributed by atoms with van der Waals surface area (Å²) in [7, 11) is 0. The molecule has 0 atom stereocenters. The van der Waals surface area contributed by atoms with Crippen LogP contribution in [-0.4, -0.2) is 47.0 Å². The van der Waals surface area contributed by atoms with Gasteiger partial charge in [0.1, 0.15) is 11.6 Å². The number of hydrogen-bond acceptors (Lipinski definition) is 4. The summed E-state index contributed by atoms with van der Waals surface area (Å²) in [6, 6.07) is 8.70. The smallest absolute Gasteiger partial charge is 0.219 e. The summed E-state index contributed by atoms with van der Waals surface area (Å²) < 4.78 is 0. The van der Waals surface area contributed by atoms with Crippen LogP contribution in [0.25, 0.3) is 0 Å². The standard InChI is InChI=1S/C22H30N4O/c1-5-21-20(15-19-9-7-16(2)8-10-19)22(24-17(3)23-21)26-12-6-11-25(13-14-26)18(4)27/h7-10H,5-6,11-15H2,1-4H3. The van der Waals surface area contributed by atoms with Crippen LogP contribution in [0.1, 0.15) is 48.5 Å². The van der Waals surface area contributed by atoms with Crippen LogP contribution < -0.4 is 4.90 Å². The fourth-order valence-corrected chi connectivity index (χ4v) is 3.73. The largest absolute Gasteiger partial charge is 0.354 e. The Balaban J connectivity index is 1.94. The van der Waals surface area contributed by atoms with Gasteiger partial charge in [-0.05, 0) is 32.3 Å². The van der Waals surface area contributed by atoms with E-state index in [1.165, 1.54) is 16.7 Å². The van der Waals surface area contributed by atoms with Gasteiger partial charge in [-0.2, -0.15) is 0 Å². The zero-order valence-electron chi connectivity index (χ0n) is 17.0. The zero-order valence-corrected chi connectivity index (χ0v) is 17.0. The van der Waals surface area contributed by atoms with Gasteiger partial charge in [0.05, 0.1) is 0 Å². The SMILES string of the molecule is CCc1nc(C)nc(N2CCCN(C(C)=O)CC2)c1Cc1ccc(C)cc1. The number of nitrogens with zero attached hydrogens (tertiary/aromatic N) is 4. The van der Waals surface area contributed by atoms with Gasteiger partial charge in [0.2, 0.25) is 5.91 Å². The number of hydrogen-bond donors (Lipinski definition) is 0. The second-order valence-electron chi connectivity index (χ2n) is 7.38. The number of aryl methyl sites for hydroxylation is 3. The third-order valence-corrected chi connectivity index (χ3v) is 5.26. The molecule has 0 unspecified atom stereocenters. The molecule has 1 amide bonds. The van der Waals surface area contributed by atoms with Gasteiger partial charge in [0.15, 0.2) is 0 Å². The van der Waals surface area contributed by atoms with Crippen molar-refractivity contribution in [3.05, 3.63) is 52.5 Å². The normalized spacial score (nSPS) is 15.0. The number of rotatable bonds is 4. The molecule has 2 aromatic rings. The van der Waals surface area contributed by atoms with Gasteiger partial charge >= 0.3 is 0 Å². The first-order chi connectivity index (χ1) is 13.0. The Labute approximate surface area is 162 Å². The Morgan fingerprint density at radius 2 is 1.78 bits per heavy atom. The molecule has 1 aromatic heterocycles. The Kier molecular flexibility index (Phi) is 6.09. The minimum absolute atomic E-state index is 0.157. The van der Waals surface area contributed by atoms with Crippen LogP contribution in [0.15, 0.2) is 24.3 Å². The van der Waals surface area contributed by atoms with Crippen molar-refractivity contribution >= 4 is 11.7 Å². The van der Waals surface area contributed by atoms with Gasteiger partial charge in [-0.1, -0.05) is 36.8 Å². The molecule has 0 aliphatic carbocycles. The molecule has 0 N–H and O–H groups in total. The van der Waals surface area contributed by atoms with Crippen LogP contribution in [-0.2, 0) is 17.6 Å². The minimum Gasteiger partial charge on any atom is -0.354 e. The van der Waals surface area contributed by atoms with Crippen molar-refractivity contribution < 1.29 is 4.79 Å². The lowest BCUT2D eigenvalue weighted by Crippen LogP contribution is -2.34. The Bertz CT molecular complexity index is 801. The zero-order chi connectivity index (χ0) is 19.4. The Morgan fingerprint density at radius 3 is 2.44 bits per heavy atom.